The summed E-state index contributed by atoms with van der Waals surface area (Å²) < 4.78 is 6.61. The summed E-state index contributed by atoms with van der Waals surface area (Å²) in [4.78, 5) is 44.4. The molecule has 2 amide bonds. The highest BCUT2D eigenvalue weighted by atomic mass is 16.5. The Labute approximate surface area is 219 Å². The monoisotopic (exact) mass is 512 g/mol. The molecule has 8 atom stereocenters. The van der Waals surface area contributed by atoms with Crippen LogP contribution < -0.4 is 0 Å². The molecule has 3 aliphatic rings. The molecule has 0 radical (unpaired) electrons. The van der Waals surface area contributed by atoms with Crippen molar-refractivity contribution in [2.45, 2.75) is 82.7 Å². The summed E-state index contributed by atoms with van der Waals surface area (Å²) in [7, 11) is 0. The summed E-state index contributed by atoms with van der Waals surface area (Å²) in [5.74, 6) is -3.99. The number of aliphatic hydroxyl groups excluding tert-OH is 1. The number of carboxylic acid groups (broad SMARTS) is 1. The summed E-state index contributed by atoms with van der Waals surface area (Å²) in [5, 5.41) is 20.8. The topological polar surface area (TPSA) is 107 Å². The number of likely N-dealkylation sites (tertiary alicyclic amines) is 1. The number of amides is 2. The molecule has 2 N–H and O–H groups in total. The number of aliphatic hydroxyl groups is 1. The van der Waals surface area contributed by atoms with E-state index in [1.807, 2.05) is 44.2 Å². The number of fused-ring (bicyclic) bond motifs is 1. The molecule has 0 aliphatic carbocycles. The molecule has 37 heavy (non-hydrogen) atoms. The number of rotatable bonds is 11. The van der Waals surface area contributed by atoms with Gasteiger partial charge in [-0.1, -0.05) is 56.7 Å². The molecular formula is C29H40N2O6. The molecule has 0 aromatic heterocycles. The molecular weight excluding hydrogens is 472 g/mol. The molecule has 0 saturated carbocycles. The van der Waals surface area contributed by atoms with E-state index in [9.17, 15) is 24.6 Å². The predicted octanol–water partition coefficient (Wildman–Crippen LogP) is 2.89. The van der Waals surface area contributed by atoms with Crippen molar-refractivity contribution in [3.05, 3.63) is 48.6 Å². The van der Waals surface area contributed by atoms with E-state index in [1.54, 1.807) is 17.9 Å². The van der Waals surface area contributed by atoms with Crippen LogP contribution in [-0.4, -0.2) is 80.3 Å². The van der Waals surface area contributed by atoms with Gasteiger partial charge in [0.15, 0.2) is 0 Å². The Hall–Kier alpha value is -2.71. The van der Waals surface area contributed by atoms with Crippen molar-refractivity contribution in [2.75, 3.05) is 13.2 Å². The lowest BCUT2D eigenvalue weighted by Crippen LogP contribution is -2.60. The van der Waals surface area contributed by atoms with Crippen molar-refractivity contribution in [3.8, 4) is 0 Å². The molecule has 8 nitrogen and oxygen atoms in total. The second-order valence-electron chi connectivity index (χ2n) is 11.2. The van der Waals surface area contributed by atoms with Gasteiger partial charge in [0.25, 0.3) is 0 Å². The third-order valence-electron chi connectivity index (χ3n) is 9.02. The first-order valence-corrected chi connectivity index (χ1v) is 13.4. The molecule has 3 saturated heterocycles. The van der Waals surface area contributed by atoms with Gasteiger partial charge in [-0.15, -0.1) is 6.58 Å². The van der Waals surface area contributed by atoms with Crippen LogP contribution >= 0.6 is 0 Å². The van der Waals surface area contributed by atoms with Crippen LogP contribution in [0.1, 0.15) is 52.5 Å². The van der Waals surface area contributed by atoms with E-state index in [-0.39, 0.29) is 24.5 Å². The molecule has 3 aliphatic heterocycles. The minimum absolute atomic E-state index is 0.105. The number of benzene rings is 1. The first kappa shape index (κ1) is 27.3. The number of carboxylic acids is 1. The van der Waals surface area contributed by atoms with Gasteiger partial charge >= 0.3 is 5.97 Å². The maximum atomic E-state index is 14.5. The van der Waals surface area contributed by atoms with Crippen LogP contribution in [0.25, 0.3) is 0 Å². The summed E-state index contributed by atoms with van der Waals surface area (Å²) in [6.45, 7) is 11.5. The van der Waals surface area contributed by atoms with Gasteiger partial charge < -0.3 is 24.7 Å². The molecule has 1 spiro atoms. The van der Waals surface area contributed by atoms with Crippen molar-refractivity contribution >= 4 is 17.8 Å². The van der Waals surface area contributed by atoms with Crippen LogP contribution in [0.15, 0.2) is 43.0 Å². The first-order valence-electron chi connectivity index (χ1n) is 13.4. The third-order valence-corrected chi connectivity index (χ3v) is 9.02. The van der Waals surface area contributed by atoms with Crippen LogP contribution in [0, 0.1) is 17.8 Å². The minimum Gasteiger partial charge on any atom is -0.481 e. The second-order valence-corrected chi connectivity index (χ2v) is 11.2. The zero-order valence-corrected chi connectivity index (χ0v) is 22.3. The summed E-state index contributed by atoms with van der Waals surface area (Å²) in [6, 6.07) is 7.66. The lowest BCUT2D eigenvalue weighted by Gasteiger charge is -2.41. The Kier molecular flexibility index (Phi) is 7.55. The Morgan fingerprint density at radius 2 is 2.00 bits per heavy atom. The zero-order valence-electron chi connectivity index (χ0n) is 22.3. The van der Waals surface area contributed by atoms with E-state index < -0.39 is 47.0 Å². The van der Waals surface area contributed by atoms with E-state index >= 15 is 0 Å². The highest BCUT2D eigenvalue weighted by molar-refractivity contribution is 5.98. The first-order chi connectivity index (χ1) is 17.6. The molecule has 4 rings (SSSR count). The number of hydrogen-bond donors (Lipinski definition) is 2. The van der Waals surface area contributed by atoms with Crippen molar-refractivity contribution in [3.63, 3.8) is 0 Å². The lowest BCUT2D eigenvalue weighted by molar-refractivity contribution is -0.160. The van der Waals surface area contributed by atoms with Gasteiger partial charge in [0, 0.05) is 12.6 Å². The molecule has 2 bridgehead atoms. The van der Waals surface area contributed by atoms with Crippen LogP contribution in [0.4, 0.5) is 0 Å². The number of aliphatic carboxylic acids is 1. The smallest absolute Gasteiger partial charge is 0.310 e. The van der Waals surface area contributed by atoms with Gasteiger partial charge in [-0.05, 0) is 44.6 Å². The number of carbonyl (C=O) groups excluding carboxylic acids is 2. The highest BCUT2D eigenvalue weighted by Crippen LogP contribution is 2.65. The normalized spacial score (nSPS) is 33.8. The number of ether oxygens (including phenoxy) is 1. The second kappa shape index (κ2) is 10.2. The van der Waals surface area contributed by atoms with Crippen molar-refractivity contribution < 1.29 is 29.3 Å². The van der Waals surface area contributed by atoms with Gasteiger partial charge in [-0.2, -0.15) is 0 Å². The van der Waals surface area contributed by atoms with Gasteiger partial charge in [0.2, 0.25) is 11.8 Å². The molecule has 3 heterocycles. The fourth-order valence-corrected chi connectivity index (χ4v) is 7.22. The maximum Gasteiger partial charge on any atom is 0.310 e. The Morgan fingerprint density at radius 3 is 2.57 bits per heavy atom. The predicted molar refractivity (Wildman–Crippen MR) is 139 cm³/mol. The van der Waals surface area contributed by atoms with E-state index in [0.29, 0.717) is 19.4 Å². The lowest BCUT2D eigenvalue weighted by atomic mass is 9.62. The molecule has 1 aromatic carbocycles. The minimum atomic E-state index is -1.26. The van der Waals surface area contributed by atoms with Gasteiger partial charge in [-0.3, -0.25) is 14.4 Å². The SMILES string of the molecule is C=CCN(C(=O)C1N([C@@H](CO)Cc2ccccc2)C(=O)[C@@H]2[C@H](C(=O)O)[C@@]3(C)OC12CC3C)C(C)CCC. The highest BCUT2D eigenvalue weighted by Gasteiger charge is 2.80. The maximum absolute atomic E-state index is 14.5. The molecule has 4 unspecified atom stereocenters. The quantitative estimate of drug-likeness (QED) is 0.442. The summed E-state index contributed by atoms with van der Waals surface area (Å²) in [6.07, 6.45) is 4.07. The largest absolute Gasteiger partial charge is 0.481 e. The van der Waals surface area contributed by atoms with E-state index in [4.69, 9.17) is 4.74 Å². The standard InChI is InChI=1S/C29H40N2O6/c1-6-11-19(4)30(14-7-2)26(34)24-29-16-18(3)28(5,37-29)23(27(35)36)22(29)25(33)31(24)21(17-32)15-20-12-9-8-10-13-20/h7-10,12-13,18-19,21-24,32H,2,6,11,14-17H2,1,3-5H3,(H,35,36)/t18?,19?,21-,22+,23-,24?,28+,29?/m1/s1. The average Bonchev–Trinajstić information content (AvgIpc) is 3.38. The van der Waals surface area contributed by atoms with E-state index in [0.717, 1.165) is 18.4 Å². The van der Waals surface area contributed by atoms with Crippen molar-refractivity contribution in [1.29, 1.82) is 0 Å². The van der Waals surface area contributed by atoms with Gasteiger partial charge in [0.05, 0.1) is 24.2 Å². The van der Waals surface area contributed by atoms with Gasteiger partial charge in [-0.25, -0.2) is 0 Å². The fraction of sp³-hybridized carbons (Fsp3) is 0.621. The van der Waals surface area contributed by atoms with Crippen LogP contribution in [-0.2, 0) is 25.5 Å². The summed E-state index contributed by atoms with van der Waals surface area (Å²) >= 11 is 0. The van der Waals surface area contributed by atoms with Crippen LogP contribution in [0.5, 0.6) is 0 Å². The average molecular weight is 513 g/mol. The number of hydrogen-bond acceptors (Lipinski definition) is 5. The fourth-order valence-electron chi connectivity index (χ4n) is 7.22. The van der Waals surface area contributed by atoms with E-state index in [2.05, 4.69) is 13.5 Å². The van der Waals surface area contributed by atoms with Crippen LogP contribution in [0.3, 0.4) is 0 Å². The molecule has 3 fully saturated rings. The Balaban J connectivity index is 1.84. The van der Waals surface area contributed by atoms with Crippen LogP contribution in [0.2, 0.25) is 0 Å². The Morgan fingerprint density at radius 1 is 1.32 bits per heavy atom. The van der Waals surface area contributed by atoms with E-state index in [1.165, 1.54) is 4.90 Å². The Bertz CT molecular complexity index is 1050. The zero-order chi connectivity index (χ0) is 27.1. The molecule has 1 aromatic rings. The van der Waals surface area contributed by atoms with Gasteiger partial charge in [0.1, 0.15) is 17.6 Å². The number of carbonyl (C=O) groups is 3. The molecule has 8 heteroatoms. The summed E-state index contributed by atoms with van der Waals surface area (Å²) in [5.41, 5.74) is -1.40. The third kappa shape index (κ3) is 4.18. The van der Waals surface area contributed by atoms with Crippen molar-refractivity contribution in [1.82, 2.24) is 9.80 Å². The van der Waals surface area contributed by atoms with Crippen molar-refractivity contribution in [2.24, 2.45) is 17.8 Å². The number of nitrogens with zero attached hydrogens (tertiary/aromatic N) is 2. The molecule has 202 valence electrons.